The van der Waals surface area contributed by atoms with E-state index in [2.05, 4.69) is 10.3 Å². The molecule has 0 saturated carbocycles. The summed E-state index contributed by atoms with van der Waals surface area (Å²) in [5.41, 5.74) is 0.881. The number of hydrogen-bond acceptors (Lipinski definition) is 2. The maximum Gasteiger partial charge on any atom is 0.403 e. The van der Waals surface area contributed by atoms with Crippen LogP contribution in [0, 0.1) is 5.82 Å². The lowest BCUT2D eigenvalue weighted by molar-refractivity contribution is -0.181. The van der Waals surface area contributed by atoms with E-state index in [4.69, 9.17) is 0 Å². The van der Waals surface area contributed by atoms with E-state index in [1.807, 2.05) is 11.0 Å². The van der Waals surface area contributed by atoms with E-state index in [0.29, 0.717) is 45.1 Å². The quantitative estimate of drug-likeness (QED) is 0.306. The Labute approximate surface area is 168 Å². The molecule has 1 N–H and O–H groups in total. The third-order valence-electron chi connectivity index (χ3n) is 4.43. The van der Waals surface area contributed by atoms with Crippen LogP contribution in [0.4, 0.5) is 17.6 Å². The summed E-state index contributed by atoms with van der Waals surface area (Å²) >= 11 is 0. The zero-order chi connectivity index (χ0) is 18.4. The third-order valence-corrected chi connectivity index (χ3v) is 4.43. The average molecular weight is 488 g/mol. The molecule has 1 saturated heterocycles. The maximum absolute atomic E-state index is 13.2. The molecule has 1 aliphatic rings. The summed E-state index contributed by atoms with van der Waals surface area (Å²) in [5.74, 6) is 0.396. The Morgan fingerprint density at radius 1 is 1.23 bits per heavy atom. The van der Waals surface area contributed by atoms with Gasteiger partial charge in [0, 0.05) is 39.8 Å². The third kappa shape index (κ3) is 6.57. The molecule has 2 rings (SSSR count). The van der Waals surface area contributed by atoms with Crippen molar-refractivity contribution in [2.24, 2.45) is 4.99 Å². The lowest BCUT2D eigenvalue weighted by Gasteiger charge is -2.39. The molecule has 0 aromatic heterocycles. The number of piperazine rings is 1. The molecule has 1 heterocycles. The van der Waals surface area contributed by atoms with Crippen LogP contribution in [0.5, 0.6) is 0 Å². The van der Waals surface area contributed by atoms with Gasteiger partial charge in [0.15, 0.2) is 5.96 Å². The molecule has 26 heavy (non-hydrogen) atoms. The smallest absolute Gasteiger partial charge is 0.356 e. The molecule has 148 valence electrons. The van der Waals surface area contributed by atoms with Gasteiger partial charge in [-0.3, -0.25) is 9.89 Å². The second-order valence-electron chi connectivity index (χ2n) is 6.09. The van der Waals surface area contributed by atoms with Gasteiger partial charge in [0.1, 0.15) is 11.9 Å². The second kappa shape index (κ2) is 10.3. The number of nitrogens with one attached hydrogen (secondary N) is 1. The number of rotatable bonds is 4. The van der Waals surface area contributed by atoms with Gasteiger partial charge in [0.25, 0.3) is 0 Å². The highest BCUT2D eigenvalue weighted by Gasteiger charge is 2.41. The van der Waals surface area contributed by atoms with Gasteiger partial charge < -0.3 is 10.2 Å². The van der Waals surface area contributed by atoms with Crippen LogP contribution in [-0.4, -0.2) is 67.7 Å². The van der Waals surface area contributed by atoms with Gasteiger partial charge in [-0.2, -0.15) is 13.2 Å². The van der Waals surface area contributed by atoms with Crippen molar-refractivity contribution >= 4 is 29.9 Å². The predicted molar refractivity (Wildman–Crippen MR) is 106 cm³/mol. The summed E-state index contributed by atoms with van der Waals surface area (Å²) in [6.45, 7) is 3.42. The summed E-state index contributed by atoms with van der Waals surface area (Å²) < 4.78 is 51.5. The van der Waals surface area contributed by atoms with E-state index < -0.39 is 12.2 Å². The molecular formula is C17H25F4IN4. The van der Waals surface area contributed by atoms with Crippen molar-refractivity contribution in [3.8, 4) is 0 Å². The predicted octanol–water partition coefficient (Wildman–Crippen LogP) is 3.13. The van der Waals surface area contributed by atoms with Crippen molar-refractivity contribution < 1.29 is 17.6 Å². The molecular weight excluding hydrogens is 463 g/mol. The Balaban J connectivity index is 0.00000338. The summed E-state index contributed by atoms with van der Waals surface area (Å²) in [6.07, 6.45) is -3.56. The van der Waals surface area contributed by atoms with E-state index in [0.717, 1.165) is 5.56 Å². The monoisotopic (exact) mass is 488 g/mol. The van der Waals surface area contributed by atoms with Gasteiger partial charge in [-0.1, -0.05) is 12.1 Å². The first-order valence-corrected chi connectivity index (χ1v) is 8.32. The van der Waals surface area contributed by atoms with Gasteiger partial charge in [0.05, 0.1) is 0 Å². The first-order valence-electron chi connectivity index (χ1n) is 8.32. The number of benzene rings is 1. The maximum atomic E-state index is 13.2. The van der Waals surface area contributed by atoms with Gasteiger partial charge >= 0.3 is 6.18 Å². The van der Waals surface area contributed by atoms with Crippen LogP contribution in [-0.2, 0) is 6.42 Å². The SMILES string of the molecule is CN=C(NCCc1cccc(F)c1)N1CCN(C(C)C(F)(F)F)CC1.I. The topological polar surface area (TPSA) is 30.9 Å². The Bertz CT molecular complexity index is 586. The zero-order valence-electron chi connectivity index (χ0n) is 14.9. The van der Waals surface area contributed by atoms with Crippen molar-refractivity contribution in [1.29, 1.82) is 0 Å². The van der Waals surface area contributed by atoms with Crippen LogP contribution in [0.15, 0.2) is 29.3 Å². The molecule has 1 atom stereocenters. The molecule has 1 aliphatic heterocycles. The van der Waals surface area contributed by atoms with Crippen LogP contribution in [0.3, 0.4) is 0 Å². The molecule has 4 nitrogen and oxygen atoms in total. The standard InChI is InChI=1S/C17H24F4N4.HI/c1-13(17(19,20)21)24-8-10-25(11-9-24)16(22-2)23-7-6-14-4-3-5-15(18)12-14;/h3-5,12-13H,6-11H2,1-2H3,(H,22,23);1H. The lowest BCUT2D eigenvalue weighted by atomic mass is 10.1. The number of hydrogen-bond donors (Lipinski definition) is 1. The lowest BCUT2D eigenvalue weighted by Crippen LogP contribution is -2.56. The van der Waals surface area contributed by atoms with Crippen LogP contribution >= 0.6 is 24.0 Å². The molecule has 1 unspecified atom stereocenters. The Kier molecular flexibility index (Phi) is 9.08. The number of aliphatic imine (C=N–C) groups is 1. The minimum Gasteiger partial charge on any atom is -0.356 e. The normalized spacial score (nSPS) is 17.6. The minimum atomic E-state index is -4.20. The van der Waals surface area contributed by atoms with Crippen molar-refractivity contribution in [2.75, 3.05) is 39.8 Å². The molecule has 0 amide bonds. The minimum absolute atomic E-state index is 0. The van der Waals surface area contributed by atoms with Crippen LogP contribution < -0.4 is 5.32 Å². The Morgan fingerprint density at radius 3 is 2.42 bits per heavy atom. The van der Waals surface area contributed by atoms with E-state index in [9.17, 15) is 17.6 Å². The number of guanidine groups is 1. The van der Waals surface area contributed by atoms with Gasteiger partial charge in [-0.05, 0) is 31.0 Å². The fourth-order valence-corrected chi connectivity index (χ4v) is 2.87. The summed E-state index contributed by atoms with van der Waals surface area (Å²) in [5, 5.41) is 3.19. The number of alkyl halides is 3. The van der Waals surface area contributed by atoms with Crippen LogP contribution in [0.1, 0.15) is 12.5 Å². The summed E-state index contributed by atoms with van der Waals surface area (Å²) in [4.78, 5) is 7.59. The van der Waals surface area contributed by atoms with E-state index in [-0.39, 0.29) is 29.8 Å². The number of nitrogens with zero attached hydrogens (tertiary/aromatic N) is 3. The van der Waals surface area contributed by atoms with E-state index in [1.165, 1.54) is 24.0 Å². The molecule has 1 fully saturated rings. The van der Waals surface area contributed by atoms with Crippen LogP contribution in [0.25, 0.3) is 0 Å². The summed E-state index contributed by atoms with van der Waals surface area (Å²) in [6, 6.07) is 4.97. The molecule has 0 radical (unpaired) electrons. The molecule has 1 aromatic rings. The molecule has 0 aliphatic carbocycles. The highest BCUT2D eigenvalue weighted by Crippen LogP contribution is 2.25. The zero-order valence-corrected chi connectivity index (χ0v) is 17.2. The van der Waals surface area contributed by atoms with Crippen molar-refractivity contribution in [1.82, 2.24) is 15.1 Å². The average Bonchev–Trinajstić information content (AvgIpc) is 2.58. The first kappa shape index (κ1) is 22.9. The Morgan fingerprint density at radius 2 is 1.88 bits per heavy atom. The Hall–Kier alpha value is -1.10. The molecule has 9 heteroatoms. The highest BCUT2D eigenvalue weighted by atomic mass is 127. The van der Waals surface area contributed by atoms with Crippen molar-refractivity contribution in [3.05, 3.63) is 35.6 Å². The fourth-order valence-electron chi connectivity index (χ4n) is 2.87. The number of halogens is 5. The van der Waals surface area contributed by atoms with Gasteiger partial charge in [-0.25, -0.2) is 4.39 Å². The van der Waals surface area contributed by atoms with E-state index in [1.54, 1.807) is 13.1 Å². The van der Waals surface area contributed by atoms with Crippen LogP contribution in [0.2, 0.25) is 0 Å². The van der Waals surface area contributed by atoms with Crippen molar-refractivity contribution in [2.45, 2.75) is 25.6 Å². The van der Waals surface area contributed by atoms with Gasteiger partial charge in [0.2, 0.25) is 0 Å². The molecule has 0 bridgehead atoms. The van der Waals surface area contributed by atoms with E-state index >= 15 is 0 Å². The second-order valence-corrected chi connectivity index (χ2v) is 6.09. The highest BCUT2D eigenvalue weighted by molar-refractivity contribution is 14.0. The summed E-state index contributed by atoms with van der Waals surface area (Å²) in [7, 11) is 1.65. The van der Waals surface area contributed by atoms with Gasteiger partial charge in [-0.15, -0.1) is 24.0 Å². The molecule has 1 aromatic carbocycles. The largest absolute Gasteiger partial charge is 0.403 e. The molecule has 0 spiro atoms. The first-order chi connectivity index (χ1) is 11.8. The fraction of sp³-hybridized carbons (Fsp3) is 0.588. The van der Waals surface area contributed by atoms with Crippen molar-refractivity contribution in [3.63, 3.8) is 0 Å².